The smallest absolute Gasteiger partial charge is 0.163 e. The lowest BCUT2D eigenvalue weighted by Crippen LogP contribution is -2.28. The van der Waals surface area contributed by atoms with E-state index in [0.717, 1.165) is 30.6 Å². The molecule has 1 unspecified atom stereocenters. The van der Waals surface area contributed by atoms with Gasteiger partial charge in [0, 0.05) is 18.0 Å². The van der Waals surface area contributed by atoms with E-state index in [1.165, 1.54) is 12.0 Å². The molecular weight excluding hydrogens is 214 g/mol. The van der Waals surface area contributed by atoms with Crippen LogP contribution in [-0.4, -0.2) is 25.3 Å². The SMILES string of the molecule is COc1c(C)c(C)cc(C2CCCNC2)c1O. The summed E-state index contributed by atoms with van der Waals surface area (Å²) in [6.07, 6.45) is 2.30. The zero-order chi connectivity index (χ0) is 12.4. The summed E-state index contributed by atoms with van der Waals surface area (Å²) in [5.74, 6) is 1.35. The number of nitrogens with one attached hydrogen (secondary N) is 1. The highest BCUT2D eigenvalue weighted by Gasteiger charge is 2.22. The Labute approximate surface area is 103 Å². The molecule has 2 N–H and O–H groups in total. The van der Waals surface area contributed by atoms with Gasteiger partial charge in [-0.15, -0.1) is 0 Å². The van der Waals surface area contributed by atoms with Crippen LogP contribution in [0.1, 0.15) is 35.4 Å². The summed E-state index contributed by atoms with van der Waals surface area (Å²) in [7, 11) is 1.62. The number of rotatable bonds is 2. The molecule has 0 aromatic heterocycles. The summed E-state index contributed by atoms with van der Waals surface area (Å²) < 4.78 is 5.32. The molecule has 0 spiro atoms. The van der Waals surface area contributed by atoms with Gasteiger partial charge in [-0.25, -0.2) is 0 Å². The van der Waals surface area contributed by atoms with Crippen molar-refractivity contribution in [2.75, 3.05) is 20.2 Å². The van der Waals surface area contributed by atoms with Gasteiger partial charge in [0.2, 0.25) is 0 Å². The summed E-state index contributed by atoms with van der Waals surface area (Å²) in [5, 5.41) is 13.7. The van der Waals surface area contributed by atoms with Gasteiger partial charge in [-0.1, -0.05) is 6.07 Å². The Bertz CT molecular complexity index is 409. The average molecular weight is 235 g/mol. The number of ether oxygens (including phenoxy) is 1. The number of methoxy groups -OCH3 is 1. The molecule has 1 aromatic carbocycles. The lowest BCUT2D eigenvalue weighted by Gasteiger charge is -2.25. The van der Waals surface area contributed by atoms with Crippen LogP contribution in [0.15, 0.2) is 6.07 Å². The van der Waals surface area contributed by atoms with E-state index in [1.54, 1.807) is 7.11 Å². The Balaban J connectivity index is 2.42. The molecule has 94 valence electrons. The van der Waals surface area contributed by atoms with Gasteiger partial charge < -0.3 is 15.2 Å². The Morgan fingerprint density at radius 2 is 2.18 bits per heavy atom. The number of aromatic hydroxyl groups is 1. The van der Waals surface area contributed by atoms with E-state index in [0.29, 0.717) is 17.4 Å². The fraction of sp³-hybridized carbons (Fsp3) is 0.571. The molecule has 0 aliphatic carbocycles. The van der Waals surface area contributed by atoms with Crippen LogP contribution in [0.2, 0.25) is 0 Å². The third-order valence-corrected chi connectivity index (χ3v) is 3.73. The Hall–Kier alpha value is -1.22. The molecule has 1 saturated heterocycles. The van der Waals surface area contributed by atoms with E-state index in [2.05, 4.69) is 18.3 Å². The normalized spacial score (nSPS) is 20.3. The predicted molar refractivity (Wildman–Crippen MR) is 69.0 cm³/mol. The minimum Gasteiger partial charge on any atom is -0.504 e. The van der Waals surface area contributed by atoms with Crippen molar-refractivity contribution in [3.63, 3.8) is 0 Å². The number of benzene rings is 1. The maximum Gasteiger partial charge on any atom is 0.163 e. The molecule has 17 heavy (non-hydrogen) atoms. The van der Waals surface area contributed by atoms with Gasteiger partial charge in [0.05, 0.1) is 7.11 Å². The lowest BCUT2D eigenvalue weighted by atomic mass is 9.88. The molecule has 3 nitrogen and oxygen atoms in total. The first-order valence-electron chi connectivity index (χ1n) is 6.23. The molecule has 1 heterocycles. The van der Waals surface area contributed by atoms with Crippen LogP contribution < -0.4 is 10.1 Å². The summed E-state index contributed by atoms with van der Waals surface area (Å²) in [4.78, 5) is 0. The Morgan fingerprint density at radius 1 is 1.41 bits per heavy atom. The molecule has 1 aliphatic rings. The molecule has 0 saturated carbocycles. The van der Waals surface area contributed by atoms with Crippen molar-refractivity contribution in [3.8, 4) is 11.5 Å². The predicted octanol–water partition coefficient (Wildman–Crippen LogP) is 2.48. The summed E-state index contributed by atoms with van der Waals surface area (Å²) in [6, 6.07) is 2.10. The van der Waals surface area contributed by atoms with Gasteiger partial charge in [0.25, 0.3) is 0 Å². The Kier molecular flexibility index (Phi) is 3.57. The summed E-state index contributed by atoms with van der Waals surface area (Å²) in [6.45, 7) is 6.08. The van der Waals surface area contributed by atoms with Crippen LogP contribution in [0.25, 0.3) is 0 Å². The van der Waals surface area contributed by atoms with Crippen LogP contribution in [0.5, 0.6) is 11.5 Å². The second kappa shape index (κ2) is 4.96. The van der Waals surface area contributed by atoms with Crippen molar-refractivity contribution < 1.29 is 9.84 Å². The average Bonchev–Trinajstić information content (AvgIpc) is 2.36. The molecule has 2 rings (SSSR count). The van der Waals surface area contributed by atoms with Crippen molar-refractivity contribution in [2.24, 2.45) is 0 Å². The van der Waals surface area contributed by atoms with E-state index >= 15 is 0 Å². The van der Waals surface area contributed by atoms with Crippen molar-refractivity contribution in [1.82, 2.24) is 5.32 Å². The number of piperidine rings is 1. The third kappa shape index (κ3) is 2.25. The van der Waals surface area contributed by atoms with Crippen molar-refractivity contribution in [2.45, 2.75) is 32.6 Å². The molecule has 1 atom stereocenters. The number of hydrogen-bond donors (Lipinski definition) is 2. The second-order valence-corrected chi connectivity index (χ2v) is 4.83. The number of phenolic OH excluding ortho intramolecular Hbond substituents is 1. The van der Waals surface area contributed by atoms with Gasteiger partial charge in [-0.3, -0.25) is 0 Å². The summed E-state index contributed by atoms with van der Waals surface area (Å²) in [5.41, 5.74) is 3.23. The number of aryl methyl sites for hydroxylation is 1. The molecule has 0 amide bonds. The molecule has 0 radical (unpaired) electrons. The molecule has 1 aliphatic heterocycles. The van der Waals surface area contributed by atoms with Crippen molar-refractivity contribution >= 4 is 0 Å². The zero-order valence-corrected chi connectivity index (χ0v) is 10.8. The van der Waals surface area contributed by atoms with E-state index in [1.807, 2.05) is 6.92 Å². The fourth-order valence-corrected chi connectivity index (χ4v) is 2.58. The van der Waals surface area contributed by atoms with E-state index in [9.17, 15) is 5.11 Å². The molecular formula is C14H21NO2. The van der Waals surface area contributed by atoms with E-state index in [4.69, 9.17) is 4.74 Å². The van der Waals surface area contributed by atoms with Gasteiger partial charge in [0.1, 0.15) is 0 Å². The topological polar surface area (TPSA) is 41.5 Å². The minimum absolute atomic E-state index is 0.323. The molecule has 3 heteroatoms. The molecule has 1 fully saturated rings. The van der Waals surface area contributed by atoms with Crippen molar-refractivity contribution in [1.29, 1.82) is 0 Å². The first kappa shape index (κ1) is 12.2. The fourth-order valence-electron chi connectivity index (χ4n) is 2.58. The highest BCUT2D eigenvalue weighted by atomic mass is 16.5. The van der Waals surface area contributed by atoms with Crippen molar-refractivity contribution in [3.05, 3.63) is 22.8 Å². The third-order valence-electron chi connectivity index (χ3n) is 3.73. The minimum atomic E-state index is 0.323. The summed E-state index contributed by atoms with van der Waals surface area (Å²) >= 11 is 0. The highest BCUT2D eigenvalue weighted by molar-refractivity contribution is 5.55. The van der Waals surface area contributed by atoms with Crippen LogP contribution in [0, 0.1) is 13.8 Å². The van der Waals surface area contributed by atoms with E-state index in [-0.39, 0.29) is 0 Å². The second-order valence-electron chi connectivity index (χ2n) is 4.83. The van der Waals surface area contributed by atoms with Gasteiger partial charge in [0.15, 0.2) is 11.5 Å². The van der Waals surface area contributed by atoms with Gasteiger partial charge >= 0.3 is 0 Å². The van der Waals surface area contributed by atoms with Gasteiger partial charge in [-0.05, 0) is 44.4 Å². The lowest BCUT2D eigenvalue weighted by molar-refractivity contribution is 0.360. The zero-order valence-electron chi connectivity index (χ0n) is 10.8. The maximum absolute atomic E-state index is 10.3. The molecule has 0 bridgehead atoms. The van der Waals surface area contributed by atoms with Crippen LogP contribution in [0.3, 0.4) is 0 Å². The maximum atomic E-state index is 10.3. The first-order valence-corrected chi connectivity index (χ1v) is 6.23. The standard InChI is InChI=1S/C14H21NO2/c1-9-7-12(11-5-4-6-15-8-11)13(16)14(17-3)10(9)2/h7,11,15-16H,4-6,8H2,1-3H3. The Morgan fingerprint density at radius 3 is 2.76 bits per heavy atom. The molecule has 1 aromatic rings. The van der Waals surface area contributed by atoms with Crippen LogP contribution >= 0.6 is 0 Å². The monoisotopic (exact) mass is 235 g/mol. The van der Waals surface area contributed by atoms with Gasteiger partial charge in [-0.2, -0.15) is 0 Å². The number of phenols is 1. The number of hydrogen-bond acceptors (Lipinski definition) is 3. The highest BCUT2D eigenvalue weighted by Crippen LogP contribution is 2.40. The van der Waals surface area contributed by atoms with Crippen LogP contribution in [0.4, 0.5) is 0 Å². The largest absolute Gasteiger partial charge is 0.504 e. The first-order chi connectivity index (χ1) is 8.15. The quantitative estimate of drug-likeness (QED) is 0.827. The van der Waals surface area contributed by atoms with E-state index < -0.39 is 0 Å². The van der Waals surface area contributed by atoms with Crippen LogP contribution in [-0.2, 0) is 0 Å².